The number of carbonyl (C=O) groups excluding carboxylic acids is 1. The number of benzene rings is 2. The first kappa shape index (κ1) is 12.5. The summed E-state index contributed by atoms with van der Waals surface area (Å²) in [5.41, 5.74) is 4.74. The first-order valence-electron chi connectivity index (χ1n) is 6.56. The molecule has 3 heteroatoms. The van der Waals surface area contributed by atoms with Gasteiger partial charge in [-0.25, -0.2) is 0 Å². The molecule has 0 aliphatic carbocycles. The van der Waals surface area contributed by atoms with Crippen LogP contribution in [0.5, 0.6) is 0 Å². The lowest BCUT2D eigenvalue weighted by atomic mass is 10.1. The van der Waals surface area contributed by atoms with Gasteiger partial charge in [0.05, 0.1) is 0 Å². The van der Waals surface area contributed by atoms with Gasteiger partial charge in [-0.15, -0.1) is 0 Å². The number of hydrogen-bond donors (Lipinski definition) is 1. The molecule has 2 aromatic rings. The normalized spacial score (nSPS) is 12.8. The van der Waals surface area contributed by atoms with Crippen molar-refractivity contribution in [2.24, 2.45) is 0 Å². The van der Waals surface area contributed by atoms with Gasteiger partial charge in [-0.3, -0.25) is 4.79 Å². The van der Waals surface area contributed by atoms with Crippen LogP contribution in [0.15, 0.2) is 60.8 Å². The Labute approximate surface area is 118 Å². The molecule has 0 saturated carbocycles. The number of nitrogens with zero attached hydrogens (tertiary/aromatic N) is 1. The Balaban J connectivity index is 1.88. The zero-order valence-electron chi connectivity index (χ0n) is 11.4. The van der Waals surface area contributed by atoms with Crippen LogP contribution >= 0.6 is 0 Å². The molecule has 0 unspecified atom stereocenters. The summed E-state index contributed by atoms with van der Waals surface area (Å²) in [6.45, 7) is 3.92. The third-order valence-corrected chi connectivity index (χ3v) is 3.52. The maximum Gasteiger partial charge on any atom is 0.258 e. The first-order valence-corrected chi connectivity index (χ1v) is 6.56. The lowest BCUT2D eigenvalue weighted by Crippen LogP contribution is -2.26. The number of para-hydroxylation sites is 1. The van der Waals surface area contributed by atoms with Crippen LogP contribution in [-0.4, -0.2) is 13.0 Å². The van der Waals surface area contributed by atoms with Crippen molar-refractivity contribution in [3.05, 3.63) is 71.9 Å². The van der Waals surface area contributed by atoms with Crippen LogP contribution < -0.4 is 10.2 Å². The molecular weight excluding hydrogens is 248 g/mol. The molecule has 100 valence electrons. The summed E-state index contributed by atoms with van der Waals surface area (Å²) in [4.78, 5) is 14.2. The van der Waals surface area contributed by atoms with Crippen LogP contribution in [0.1, 0.15) is 15.9 Å². The largest absolute Gasteiger partial charge is 0.359 e. The van der Waals surface area contributed by atoms with E-state index in [2.05, 4.69) is 11.9 Å². The molecule has 0 aromatic heterocycles. The fraction of sp³-hybridized carbons (Fsp3) is 0.118. The standard InChI is InChI=1S/C17H16N2O/c1-12-10-14-11-13(8-9-16(14)18-12)17(20)19(2)15-6-4-3-5-7-15/h3-9,11,18H,1,10H2,2H3. The van der Waals surface area contributed by atoms with E-state index in [1.165, 1.54) is 0 Å². The maximum atomic E-state index is 12.5. The van der Waals surface area contributed by atoms with E-state index >= 15 is 0 Å². The molecule has 3 rings (SSSR count). The van der Waals surface area contributed by atoms with Gasteiger partial charge >= 0.3 is 0 Å². The van der Waals surface area contributed by atoms with E-state index < -0.39 is 0 Å². The van der Waals surface area contributed by atoms with Gasteiger partial charge in [-0.05, 0) is 35.9 Å². The third-order valence-electron chi connectivity index (χ3n) is 3.52. The number of fused-ring (bicyclic) bond motifs is 1. The summed E-state index contributed by atoms with van der Waals surface area (Å²) in [5, 5.41) is 3.21. The highest BCUT2D eigenvalue weighted by Gasteiger charge is 2.18. The fourth-order valence-electron chi connectivity index (χ4n) is 2.42. The van der Waals surface area contributed by atoms with Gasteiger partial charge in [0.1, 0.15) is 0 Å². The smallest absolute Gasteiger partial charge is 0.258 e. The predicted octanol–water partition coefficient (Wildman–Crippen LogP) is 3.44. The third kappa shape index (κ3) is 2.18. The van der Waals surface area contributed by atoms with E-state index in [0.717, 1.165) is 29.1 Å². The number of amides is 1. The van der Waals surface area contributed by atoms with Gasteiger partial charge in [-0.2, -0.15) is 0 Å². The van der Waals surface area contributed by atoms with Gasteiger partial charge in [0.25, 0.3) is 5.91 Å². The van der Waals surface area contributed by atoms with Gasteiger partial charge in [0, 0.05) is 36.1 Å². The second-order valence-corrected chi connectivity index (χ2v) is 4.98. The molecule has 0 atom stereocenters. The molecule has 1 N–H and O–H groups in total. The van der Waals surface area contributed by atoms with E-state index in [1.54, 1.807) is 11.9 Å². The minimum Gasteiger partial charge on any atom is -0.359 e. The van der Waals surface area contributed by atoms with Crippen LogP contribution in [0, 0.1) is 0 Å². The molecular formula is C17H16N2O. The highest BCUT2D eigenvalue weighted by atomic mass is 16.2. The van der Waals surface area contributed by atoms with Crippen molar-refractivity contribution < 1.29 is 4.79 Å². The molecule has 1 aliphatic heterocycles. The Bertz CT molecular complexity index is 677. The van der Waals surface area contributed by atoms with Gasteiger partial charge in [0.15, 0.2) is 0 Å². The van der Waals surface area contributed by atoms with Crippen molar-refractivity contribution >= 4 is 17.3 Å². The van der Waals surface area contributed by atoms with Crippen molar-refractivity contribution in [1.29, 1.82) is 0 Å². The van der Waals surface area contributed by atoms with Gasteiger partial charge in [0.2, 0.25) is 0 Å². The van der Waals surface area contributed by atoms with Crippen molar-refractivity contribution in [1.82, 2.24) is 0 Å². The molecule has 0 bridgehead atoms. The van der Waals surface area contributed by atoms with Crippen molar-refractivity contribution in [3.63, 3.8) is 0 Å². The molecule has 0 radical (unpaired) electrons. The number of rotatable bonds is 2. The molecule has 1 aliphatic rings. The Kier molecular flexibility index (Phi) is 3.03. The summed E-state index contributed by atoms with van der Waals surface area (Å²) < 4.78 is 0. The Morgan fingerprint density at radius 3 is 2.70 bits per heavy atom. The molecule has 1 heterocycles. The molecule has 2 aromatic carbocycles. The minimum absolute atomic E-state index is 0.00323. The summed E-state index contributed by atoms with van der Waals surface area (Å²) in [5.74, 6) is -0.00323. The van der Waals surface area contributed by atoms with Crippen molar-refractivity contribution in [2.75, 3.05) is 17.3 Å². The van der Waals surface area contributed by atoms with Crippen LogP contribution in [0.4, 0.5) is 11.4 Å². The maximum absolute atomic E-state index is 12.5. The lowest BCUT2D eigenvalue weighted by Gasteiger charge is -2.17. The van der Waals surface area contributed by atoms with Crippen LogP contribution in [-0.2, 0) is 6.42 Å². The fourth-order valence-corrected chi connectivity index (χ4v) is 2.42. The number of nitrogens with one attached hydrogen (secondary N) is 1. The van der Waals surface area contributed by atoms with Crippen LogP contribution in [0.2, 0.25) is 0 Å². The highest BCUT2D eigenvalue weighted by molar-refractivity contribution is 6.06. The zero-order valence-corrected chi connectivity index (χ0v) is 11.4. The lowest BCUT2D eigenvalue weighted by molar-refractivity contribution is 0.0993. The molecule has 0 spiro atoms. The zero-order chi connectivity index (χ0) is 14.1. The molecule has 3 nitrogen and oxygen atoms in total. The molecule has 1 amide bonds. The van der Waals surface area contributed by atoms with Crippen molar-refractivity contribution in [2.45, 2.75) is 6.42 Å². The SMILES string of the molecule is C=C1Cc2cc(C(=O)N(C)c3ccccc3)ccc2N1. The molecule has 20 heavy (non-hydrogen) atoms. The van der Waals surface area contributed by atoms with E-state index in [1.807, 2.05) is 48.5 Å². The average molecular weight is 264 g/mol. The molecule has 0 fully saturated rings. The van der Waals surface area contributed by atoms with E-state index in [9.17, 15) is 4.79 Å². The quantitative estimate of drug-likeness (QED) is 0.901. The average Bonchev–Trinajstić information content (AvgIpc) is 2.85. The minimum atomic E-state index is -0.00323. The number of anilines is 2. The van der Waals surface area contributed by atoms with E-state index in [0.29, 0.717) is 5.56 Å². The Morgan fingerprint density at radius 2 is 1.95 bits per heavy atom. The first-order chi connectivity index (χ1) is 9.65. The molecule has 0 saturated heterocycles. The summed E-state index contributed by atoms with van der Waals surface area (Å²) in [6.07, 6.45) is 0.783. The van der Waals surface area contributed by atoms with Crippen LogP contribution in [0.3, 0.4) is 0 Å². The monoisotopic (exact) mass is 264 g/mol. The van der Waals surface area contributed by atoms with E-state index in [-0.39, 0.29) is 5.91 Å². The summed E-state index contributed by atoms with van der Waals surface area (Å²) in [7, 11) is 1.79. The van der Waals surface area contributed by atoms with E-state index in [4.69, 9.17) is 0 Å². The highest BCUT2D eigenvalue weighted by Crippen LogP contribution is 2.28. The Morgan fingerprint density at radius 1 is 1.20 bits per heavy atom. The number of allylic oxidation sites excluding steroid dienone is 1. The topological polar surface area (TPSA) is 32.3 Å². The van der Waals surface area contributed by atoms with Crippen LogP contribution in [0.25, 0.3) is 0 Å². The summed E-state index contributed by atoms with van der Waals surface area (Å²) >= 11 is 0. The second-order valence-electron chi connectivity index (χ2n) is 4.98. The summed E-state index contributed by atoms with van der Waals surface area (Å²) in [6, 6.07) is 15.4. The Hall–Kier alpha value is -2.55. The van der Waals surface area contributed by atoms with Gasteiger partial charge in [-0.1, -0.05) is 24.8 Å². The number of carbonyl (C=O) groups is 1. The van der Waals surface area contributed by atoms with Gasteiger partial charge < -0.3 is 10.2 Å². The second kappa shape index (κ2) is 4.85. The van der Waals surface area contributed by atoms with Crippen molar-refractivity contribution in [3.8, 4) is 0 Å². The predicted molar refractivity (Wildman–Crippen MR) is 82.1 cm³/mol. The number of hydrogen-bond acceptors (Lipinski definition) is 2.